The van der Waals surface area contributed by atoms with Crippen molar-refractivity contribution in [2.75, 3.05) is 5.32 Å². The molecule has 0 radical (unpaired) electrons. The monoisotopic (exact) mass is 314 g/mol. The van der Waals surface area contributed by atoms with Gasteiger partial charge in [-0.1, -0.05) is 6.07 Å². The van der Waals surface area contributed by atoms with Gasteiger partial charge in [0.15, 0.2) is 0 Å². The number of nitrogens with zero attached hydrogens (tertiary/aromatic N) is 3. The summed E-state index contributed by atoms with van der Waals surface area (Å²) >= 11 is 1.57. The van der Waals surface area contributed by atoms with E-state index in [1.807, 2.05) is 35.9 Å². The molecule has 1 amide bonds. The molecule has 0 spiro atoms. The van der Waals surface area contributed by atoms with E-state index in [1.165, 1.54) is 0 Å². The van der Waals surface area contributed by atoms with Crippen LogP contribution in [-0.2, 0) is 11.2 Å². The molecule has 3 aromatic rings. The number of aryl methyl sites for hydroxylation is 2. The highest BCUT2D eigenvalue weighted by Crippen LogP contribution is 2.20. The predicted molar refractivity (Wildman–Crippen MR) is 83.5 cm³/mol. The fraction of sp³-hybridized carbons (Fsp3) is 0.200. The summed E-state index contributed by atoms with van der Waals surface area (Å²) in [5, 5.41) is 14.6. The molecule has 0 aliphatic carbocycles. The second kappa shape index (κ2) is 6.48. The Labute approximate surface area is 131 Å². The number of rotatable bonds is 5. The van der Waals surface area contributed by atoms with Crippen LogP contribution in [0, 0.1) is 6.92 Å². The minimum Gasteiger partial charge on any atom is -0.421 e. The molecular formula is C15H14N4O2S. The summed E-state index contributed by atoms with van der Waals surface area (Å²) in [4.78, 5) is 16.1. The molecule has 112 valence electrons. The standard InChI is InChI=1S/C15H14N4O2S/c1-10-3-2-4-12(16-10)17-13(20)5-6-14-18-19-15(21-14)11-7-8-22-9-11/h2-4,7-9H,5-6H2,1H3,(H,16,17,20). The number of anilines is 1. The zero-order valence-corrected chi connectivity index (χ0v) is 12.8. The minimum absolute atomic E-state index is 0.131. The molecular weight excluding hydrogens is 300 g/mol. The Kier molecular flexibility index (Phi) is 4.24. The van der Waals surface area contributed by atoms with Crippen LogP contribution in [0.15, 0.2) is 39.4 Å². The van der Waals surface area contributed by atoms with E-state index in [0.717, 1.165) is 11.3 Å². The Morgan fingerprint density at radius 2 is 2.23 bits per heavy atom. The summed E-state index contributed by atoms with van der Waals surface area (Å²) in [7, 11) is 0. The number of hydrogen-bond acceptors (Lipinski definition) is 6. The van der Waals surface area contributed by atoms with Crippen molar-refractivity contribution >= 4 is 23.1 Å². The second-order valence-electron chi connectivity index (χ2n) is 4.73. The molecule has 0 saturated heterocycles. The molecule has 0 atom stereocenters. The van der Waals surface area contributed by atoms with E-state index in [9.17, 15) is 4.79 Å². The van der Waals surface area contributed by atoms with Gasteiger partial charge in [-0.05, 0) is 30.5 Å². The Balaban J connectivity index is 1.55. The van der Waals surface area contributed by atoms with E-state index < -0.39 is 0 Å². The normalized spacial score (nSPS) is 10.6. The van der Waals surface area contributed by atoms with Crippen molar-refractivity contribution in [2.24, 2.45) is 0 Å². The summed E-state index contributed by atoms with van der Waals surface area (Å²) in [5.74, 6) is 1.36. The number of carbonyl (C=O) groups excluding carboxylic acids is 1. The van der Waals surface area contributed by atoms with Crippen molar-refractivity contribution in [3.05, 3.63) is 46.6 Å². The third-order valence-corrected chi connectivity index (χ3v) is 3.64. The predicted octanol–water partition coefficient (Wildman–Crippen LogP) is 3.07. The molecule has 22 heavy (non-hydrogen) atoms. The van der Waals surface area contributed by atoms with Crippen LogP contribution >= 0.6 is 11.3 Å². The molecule has 0 unspecified atom stereocenters. The van der Waals surface area contributed by atoms with E-state index >= 15 is 0 Å². The van der Waals surface area contributed by atoms with E-state index in [1.54, 1.807) is 17.4 Å². The molecule has 1 N–H and O–H groups in total. The van der Waals surface area contributed by atoms with Gasteiger partial charge in [0, 0.05) is 29.5 Å². The maximum Gasteiger partial charge on any atom is 0.248 e. The number of carbonyl (C=O) groups is 1. The van der Waals surface area contributed by atoms with Crippen molar-refractivity contribution < 1.29 is 9.21 Å². The van der Waals surface area contributed by atoms with E-state index in [2.05, 4.69) is 20.5 Å². The highest BCUT2D eigenvalue weighted by Gasteiger charge is 2.11. The first-order chi connectivity index (χ1) is 10.7. The summed E-state index contributed by atoms with van der Waals surface area (Å²) in [5.41, 5.74) is 1.76. The van der Waals surface area contributed by atoms with Crippen LogP contribution < -0.4 is 5.32 Å². The lowest BCUT2D eigenvalue weighted by Crippen LogP contribution is -2.13. The van der Waals surface area contributed by atoms with E-state index in [-0.39, 0.29) is 12.3 Å². The molecule has 0 bridgehead atoms. The fourth-order valence-corrected chi connectivity index (χ4v) is 2.53. The van der Waals surface area contributed by atoms with E-state index in [0.29, 0.717) is 24.0 Å². The third kappa shape index (κ3) is 3.56. The number of nitrogens with one attached hydrogen (secondary N) is 1. The number of amides is 1. The molecule has 0 aliphatic rings. The second-order valence-corrected chi connectivity index (χ2v) is 5.51. The van der Waals surface area contributed by atoms with Crippen LogP contribution in [-0.4, -0.2) is 21.1 Å². The first-order valence-electron chi connectivity index (χ1n) is 6.79. The fourth-order valence-electron chi connectivity index (χ4n) is 1.90. The number of hydrogen-bond donors (Lipinski definition) is 1. The van der Waals surface area contributed by atoms with Crippen LogP contribution in [0.1, 0.15) is 18.0 Å². The SMILES string of the molecule is Cc1cccc(NC(=O)CCc2nnc(-c3ccsc3)o2)n1. The van der Waals surface area contributed by atoms with Gasteiger partial charge in [0.05, 0.1) is 0 Å². The summed E-state index contributed by atoms with van der Waals surface area (Å²) in [6, 6.07) is 7.40. The lowest BCUT2D eigenvalue weighted by Gasteiger charge is -2.03. The largest absolute Gasteiger partial charge is 0.421 e. The topological polar surface area (TPSA) is 80.9 Å². The first-order valence-corrected chi connectivity index (χ1v) is 7.73. The van der Waals surface area contributed by atoms with Gasteiger partial charge in [-0.25, -0.2) is 4.98 Å². The molecule has 6 nitrogen and oxygen atoms in total. The average Bonchev–Trinajstić information content (AvgIpc) is 3.16. The van der Waals surface area contributed by atoms with Gasteiger partial charge >= 0.3 is 0 Å². The van der Waals surface area contributed by atoms with Crippen molar-refractivity contribution in [1.82, 2.24) is 15.2 Å². The lowest BCUT2D eigenvalue weighted by molar-refractivity contribution is -0.116. The lowest BCUT2D eigenvalue weighted by atomic mass is 10.3. The van der Waals surface area contributed by atoms with Crippen LogP contribution in [0.2, 0.25) is 0 Å². The Morgan fingerprint density at radius 3 is 3.00 bits per heavy atom. The number of pyridine rings is 1. The zero-order valence-electron chi connectivity index (χ0n) is 11.9. The van der Waals surface area contributed by atoms with Crippen molar-refractivity contribution in [1.29, 1.82) is 0 Å². The zero-order chi connectivity index (χ0) is 15.4. The molecule has 3 rings (SSSR count). The Bertz CT molecular complexity index is 767. The highest BCUT2D eigenvalue weighted by atomic mass is 32.1. The van der Waals surface area contributed by atoms with Gasteiger partial charge < -0.3 is 9.73 Å². The van der Waals surface area contributed by atoms with Crippen LogP contribution in [0.4, 0.5) is 5.82 Å². The molecule has 0 saturated carbocycles. The van der Waals surface area contributed by atoms with Crippen LogP contribution in [0.5, 0.6) is 0 Å². The van der Waals surface area contributed by atoms with Crippen molar-refractivity contribution in [3.8, 4) is 11.5 Å². The van der Waals surface area contributed by atoms with E-state index in [4.69, 9.17) is 4.42 Å². The molecule has 0 fully saturated rings. The maximum atomic E-state index is 11.9. The Hall–Kier alpha value is -2.54. The molecule has 3 aromatic heterocycles. The van der Waals surface area contributed by atoms with Gasteiger partial charge in [-0.2, -0.15) is 11.3 Å². The molecule has 7 heteroatoms. The van der Waals surface area contributed by atoms with Crippen molar-refractivity contribution in [2.45, 2.75) is 19.8 Å². The average molecular weight is 314 g/mol. The minimum atomic E-state index is -0.131. The van der Waals surface area contributed by atoms with Gasteiger partial charge in [0.25, 0.3) is 0 Å². The van der Waals surface area contributed by atoms with Gasteiger partial charge in [0.2, 0.25) is 17.7 Å². The highest BCUT2D eigenvalue weighted by molar-refractivity contribution is 7.08. The van der Waals surface area contributed by atoms with Crippen molar-refractivity contribution in [3.63, 3.8) is 0 Å². The smallest absolute Gasteiger partial charge is 0.248 e. The third-order valence-electron chi connectivity index (χ3n) is 2.96. The molecule has 3 heterocycles. The maximum absolute atomic E-state index is 11.9. The van der Waals surface area contributed by atoms with Gasteiger partial charge in [-0.15, -0.1) is 10.2 Å². The molecule has 0 aromatic carbocycles. The summed E-state index contributed by atoms with van der Waals surface area (Å²) in [6.07, 6.45) is 0.662. The summed E-state index contributed by atoms with van der Waals surface area (Å²) < 4.78 is 5.54. The molecule has 0 aliphatic heterocycles. The summed E-state index contributed by atoms with van der Waals surface area (Å²) in [6.45, 7) is 1.88. The van der Waals surface area contributed by atoms with Gasteiger partial charge in [-0.3, -0.25) is 4.79 Å². The number of aromatic nitrogens is 3. The number of thiophene rings is 1. The first kappa shape index (κ1) is 14.4. The Morgan fingerprint density at radius 1 is 1.32 bits per heavy atom. The quantitative estimate of drug-likeness (QED) is 0.782. The van der Waals surface area contributed by atoms with Gasteiger partial charge in [0.1, 0.15) is 5.82 Å². The van der Waals surface area contributed by atoms with Crippen LogP contribution in [0.3, 0.4) is 0 Å². The van der Waals surface area contributed by atoms with Crippen LogP contribution in [0.25, 0.3) is 11.5 Å².